The Morgan fingerprint density at radius 1 is 1.27 bits per heavy atom. The van der Waals surface area contributed by atoms with Gasteiger partial charge in [-0.1, -0.05) is 12.1 Å². The van der Waals surface area contributed by atoms with Crippen LogP contribution in [0.1, 0.15) is 27.6 Å². The van der Waals surface area contributed by atoms with Crippen LogP contribution in [-0.2, 0) is 4.74 Å². The van der Waals surface area contributed by atoms with Gasteiger partial charge in [0, 0.05) is 24.9 Å². The number of aromatic nitrogens is 1. The topological polar surface area (TPSA) is 59.5 Å². The molecule has 0 unspecified atom stereocenters. The molecule has 22 heavy (non-hydrogen) atoms. The predicted octanol–water partition coefficient (Wildman–Crippen LogP) is 2.67. The highest BCUT2D eigenvalue weighted by Crippen LogP contribution is 2.22. The third kappa shape index (κ3) is 3.28. The number of hydrogen-bond donors (Lipinski definition) is 0. The van der Waals surface area contributed by atoms with Crippen molar-refractivity contribution in [2.45, 2.75) is 6.92 Å². The first-order valence-electron chi connectivity index (χ1n) is 6.70. The highest BCUT2D eigenvalue weighted by molar-refractivity contribution is 6.09. The molecule has 0 aliphatic rings. The summed E-state index contributed by atoms with van der Waals surface area (Å²) in [6, 6.07) is 9.04. The molecule has 0 radical (unpaired) electrons. The fourth-order valence-electron chi connectivity index (χ4n) is 1.99. The van der Waals surface area contributed by atoms with Gasteiger partial charge in [0.15, 0.2) is 0 Å². The minimum absolute atomic E-state index is 0.147. The van der Waals surface area contributed by atoms with Crippen LogP contribution in [-0.4, -0.2) is 30.5 Å². The zero-order valence-electron chi connectivity index (χ0n) is 12.2. The zero-order valence-corrected chi connectivity index (χ0v) is 12.2. The molecule has 2 rings (SSSR count). The monoisotopic (exact) mass is 302 g/mol. The van der Waals surface area contributed by atoms with Crippen molar-refractivity contribution < 1.29 is 18.7 Å². The molecule has 0 N–H and O–H groups in total. The number of esters is 1. The number of amides is 1. The number of carbonyl (C=O) groups is 2. The normalized spacial score (nSPS) is 10.1. The lowest BCUT2D eigenvalue weighted by Gasteiger charge is -2.20. The number of carbonyl (C=O) groups excluding carboxylic acids is 2. The van der Waals surface area contributed by atoms with Crippen molar-refractivity contribution >= 4 is 17.6 Å². The van der Waals surface area contributed by atoms with Gasteiger partial charge >= 0.3 is 5.97 Å². The third-order valence-corrected chi connectivity index (χ3v) is 3.04. The minimum atomic E-state index is -0.738. The number of ether oxygens (including phenoxy) is 1. The fourth-order valence-corrected chi connectivity index (χ4v) is 1.99. The number of anilines is 1. The lowest BCUT2D eigenvalue weighted by molar-refractivity contribution is 0.0527. The average molecular weight is 302 g/mol. The summed E-state index contributed by atoms with van der Waals surface area (Å²) in [6.45, 7) is 1.94. The van der Waals surface area contributed by atoms with Crippen molar-refractivity contribution in [2.24, 2.45) is 0 Å². The number of hydrogen-bond acceptors (Lipinski definition) is 4. The fraction of sp³-hybridized carbons (Fsp3) is 0.188. The van der Waals surface area contributed by atoms with Gasteiger partial charge in [0.25, 0.3) is 5.91 Å². The van der Waals surface area contributed by atoms with Gasteiger partial charge < -0.3 is 9.64 Å². The van der Waals surface area contributed by atoms with Gasteiger partial charge in [0.05, 0.1) is 17.9 Å². The Morgan fingerprint density at radius 2 is 2.00 bits per heavy atom. The molecule has 1 amide bonds. The van der Waals surface area contributed by atoms with Crippen LogP contribution in [0.25, 0.3) is 0 Å². The highest BCUT2D eigenvalue weighted by Gasteiger charge is 2.20. The van der Waals surface area contributed by atoms with E-state index in [1.807, 2.05) is 0 Å². The van der Waals surface area contributed by atoms with Crippen LogP contribution >= 0.6 is 0 Å². The SMILES string of the molecule is CCOC(=O)c1ccccc1N(C)C(=O)c1ccnc(F)c1. The Bertz CT molecular complexity index is 703. The molecular formula is C16H15FN2O3. The summed E-state index contributed by atoms with van der Waals surface area (Å²) in [5, 5.41) is 0. The van der Waals surface area contributed by atoms with Crippen LogP contribution in [0.5, 0.6) is 0 Å². The molecule has 0 spiro atoms. The van der Waals surface area contributed by atoms with Crippen molar-refractivity contribution in [2.75, 3.05) is 18.6 Å². The molecule has 1 aromatic heterocycles. The summed E-state index contributed by atoms with van der Waals surface area (Å²) in [4.78, 5) is 29.1. The molecule has 6 heteroatoms. The first-order chi connectivity index (χ1) is 10.5. The number of para-hydroxylation sites is 1. The maximum atomic E-state index is 13.1. The van der Waals surface area contributed by atoms with Gasteiger partial charge in [-0.3, -0.25) is 4.79 Å². The smallest absolute Gasteiger partial charge is 0.340 e. The molecule has 0 fully saturated rings. The second kappa shape index (κ2) is 6.80. The van der Waals surface area contributed by atoms with E-state index in [-0.39, 0.29) is 17.7 Å². The summed E-state index contributed by atoms with van der Waals surface area (Å²) in [5.41, 5.74) is 0.812. The first kappa shape index (κ1) is 15.6. The van der Waals surface area contributed by atoms with E-state index in [0.29, 0.717) is 5.69 Å². The molecule has 0 aliphatic carbocycles. The van der Waals surface area contributed by atoms with E-state index in [4.69, 9.17) is 4.74 Å². The maximum Gasteiger partial charge on any atom is 0.340 e. The van der Waals surface area contributed by atoms with Crippen LogP contribution in [0, 0.1) is 5.95 Å². The number of pyridine rings is 1. The van der Waals surface area contributed by atoms with Gasteiger partial charge in [-0.05, 0) is 25.1 Å². The van der Waals surface area contributed by atoms with Crippen LogP contribution in [0.4, 0.5) is 10.1 Å². The van der Waals surface area contributed by atoms with E-state index < -0.39 is 17.8 Å². The zero-order chi connectivity index (χ0) is 16.1. The van der Waals surface area contributed by atoms with E-state index in [0.717, 1.165) is 6.07 Å². The van der Waals surface area contributed by atoms with Crippen LogP contribution in [0.2, 0.25) is 0 Å². The number of nitrogens with zero attached hydrogens (tertiary/aromatic N) is 2. The molecule has 2 aromatic rings. The molecule has 114 valence electrons. The standard InChI is InChI=1S/C16H15FN2O3/c1-3-22-16(21)12-6-4-5-7-13(12)19(2)15(20)11-8-9-18-14(17)10-11/h4-10H,3H2,1-2H3. The van der Waals surface area contributed by atoms with Gasteiger partial charge in [0.1, 0.15) is 0 Å². The van der Waals surface area contributed by atoms with Crippen LogP contribution in [0.15, 0.2) is 42.6 Å². The highest BCUT2D eigenvalue weighted by atomic mass is 19.1. The van der Waals surface area contributed by atoms with Crippen molar-refractivity contribution in [3.05, 3.63) is 59.7 Å². The van der Waals surface area contributed by atoms with Gasteiger partial charge in [0.2, 0.25) is 5.95 Å². The van der Waals surface area contributed by atoms with Crippen LogP contribution < -0.4 is 4.90 Å². The van der Waals surface area contributed by atoms with Gasteiger partial charge in [-0.25, -0.2) is 9.78 Å². The lowest BCUT2D eigenvalue weighted by atomic mass is 10.1. The molecule has 0 saturated heterocycles. The predicted molar refractivity (Wildman–Crippen MR) is 79.3 cm³/mol. The summed E-state index contributed by atoms with van der Waals surface area (Å²) >= 11 is 0. The Hall–Kier alpha value is -2.76. The quantitative estimate of drug-likeness (QED) is 0.643. The Labute approximate surface area is 127 Å². The van der Waals surface area contributed by atoms with E-state index in [9.17, 15) is 14.0 Å². The largest absolute Gasteiger partial charge is 0.462 e. The maximum absolute atomic E-state index is 13.1. The number of rotatable bonds is 4. The Morgan fingerprint density at radius 3 is 2.68 bits per heavy atom. The average Bonchev–Trinajstić information content (AvgIpc) is 2.53. The Kier molecular flexibility index (Phi) is 4.83. The number of benzene rings is 1. The summed E-state index contributed by atoms with van der Waals surface area (Å²) in [6.07, 6.45) is 1.22. The lowest BCUT2D eigenvalue weighted by Crippen LogP contribution is -2.28. The molecule has 0 aliphatic heterocycles. The van der Waals surface area contributed by atoms with Gasteiger partial charge in [-0.15, -0.1) is 0 Å². The van der Waals surface area contributed by atoms with E-state index in [1.165, 1.54) is 24.2 Å². The molecule has 0 bridgehead atoms. The molecule has 0 atom stereocenters. The molecular weight excluding hydrogens is 287 g/mol. The third-order valence-electron chi connectivity index (χ3n) is 3.04. The first-order valence-corrected chi connectivity index (χ1v) is 6.70. The van der Waals surface area contributed by atoms with E-state index >= 15 is 0 Å². The van der Waals surface area contributed by atoms with E-state index in [1.54, 1.807) is 31.2 Å². The molecule has 0 saturated carbocycles. The van der Waals surface area contributed by atoms with Crippen LogP contribution in [0.3, 0.4) is 0 Å². The van der Waals surface area contributed by atoms with Crippen molar-refractivity contribution in [3.8, 4) is 0 Å². The molecule has 1 heterocycles. The van der Waals surface area contributed by atoms with Crippen molar-refractivity contribution in [1.29, 1.82) is 0 Å². The summed E-state index contributed by atoms with van der Waals surface area (Å²) in [5.74, 6) is -1.70. The second-order valence-electron chi connectivity index (χ2n) is 4.47. The number of halogens is 1. The second-order valence-corrected chi connectivity index (χ2v) is 4.47. The van der Waals surface area contributed by atoms with E-state index in [2.05, 4.69) is 4.98 Å². The van der Waals surface area contributed by atoms with Gasteiger partial charge in [-0.2, -0.15) is 4.39 Å². The molecule has 1 aromatic carbocycles. The molecule has 5 nitrogen and oxygen atoms in total. The minimum Gasteiger partial charge on any atom is -0.462 e. The summed E-state index contributed by atoms with van der Waals surface area (Å²) < 4.78 is 18.1. The van der Waals surface area contributed by atoms with Crippen molar-refractivity contribution in [1.82, 2.24) is 4.98 Å². The summed E-state index contributed by atoms with van der Waals surface area (Å²) in [7, 11) is 1.51. The Balaban J connectivity index is 2.35. The van der Waals surface area contributed by atoms with Crippen molar-refractivity contribution in [3.63, 3.8) is 0 Å².